The largest absolute Gasteiger partial charge is 0.363 e. The summed E-state index contributed by atoms with van der Waals surface area (Å²) in [5.41, 5.74) is 0. The van der Waals surface area contributed by atoms with Crippen LogP contribution in [0.4, 0.5) is 0 Å². The van der Waals surface area contributed by atoms with Gasteiger partial charge in [-0.25, -0.2) is 0 Å². The Balaban J connectivity index is 1.83. The van der Waals surface area contributed by atoms with Gasteiger partial charge in [0.2, 0.25) is 0 Å². The smallest absolute Gasteiger partial charge is 0.113 e. The van der Waals surface area contributed by atoms with Crippen LogP contribution in [0.15, 0.2) is 17.5 Å². The lowest BCUT2D eigenvalue weighted by Crippen LogP contribution is -2.43. The van der Waals surface area contributed by atoms with Crippen LogP contribution >= 0.6 is 11.3 Å². The first-order chi connectivity index (χ1) is 6.34. The van der Waals surface area contributed by atoms with Gasteiger partial charge in [-0.15, -0.1) is 11.3 Å². The maximum absolute atomic E-state index is 5.66. The molecule has 2 rings (SSSR count). The molecule has 0 radical (unpaired) electrons. The Morgan fingerprint density at radius 1 is 1.69 bits per heavy atom. The van der Waals surface area contributed by atoms with Gasteiger partial charge >= 0.3 is 0 Å². The summed E-state index contributed by atoms with van der Waals surface area (Å²) in [5.74, 6) is 0.652. The molecule has 1 N–H and O–H groups in total. The van der Waals surface area contributed by atoms with E-state index < -0.39 is 0 Å². The van der Waals surface area contributed by atoms with Crippen LogP contribution in [0.2, 0.25) is 0 Å². The van der Waals surface area contributed by atoms with Crippen LogP contribution in [0.1, 0.15) is 11.8 Å². The molecule has 1 saturated heterocycles. The van der Waals surface area contributed by atoms with Crippen molar-refractivity contribution in [2.45, 2.75) is 19.6 Å². The summed E-state index contributed by atoms with van der Waals surface area (Å²) >= 11 is 1.80. The molecule has 3 heteroatoms. The van der Waals surface area contributed by atoms with Crippen molar-refractivity contribution in [3.8, 4) is 0 Å². The minimum Gasteiger partial charge on any atom is -0.363 e. The molecule has 0 saturated carbocycles. The molecule has 1 aliphatic heterocycles. The summed E-state index contributed by atoms with van der Waals surface area (Å²) in [6, 6.07) is 4.25. The van der Waals surface area contributed by atoms with Crippen molar-refractivity contribution >= 4 is 11.3 Å². The van der Waals surface area contributed by atoms with Crippen LogP contribution in [-0.4, -0.2) is 19.4 Å². The summed E-state index contributed by atoms with van der Waals surface area (Å²) < 4.78 is 5.66. The topological polar surface area (TPSA) is 21.3 Å². The summed E-state index contributed by atoms with van der Waals surface area (Å²) in [6.45, 7) is 4.17. The van der Waals surface area contributed by atoms with Crippen LogP contribution in [0.5, 0.6) is 0 Å². The molecular formula is C10H15NOS. The van der Waals surface area contributed by atoms with E-state index in [1.165, 1.54) is 4.88 Å². The molecule has 2 unspecified atom stereocenters. The highest BCUT2D eigenvalue weighted by molar-refractivity contribution is 7.09. The molecule has 13 heavy (non-hydrogen) atoms. The van der Waals surface area contributed by atoms with Gasteiger partial charge in [0.1, 0.15) is 6.23 Å². The second kappa shape index (κ2) is 4.22. The van der Waals surface area contributed by atoms with Gasteiger partial charge < -0.3 is 4.74 Å². The lowest BCUT2D eigenvalue weighted by atomic mass is 10.1. The highest BCUT2D eigenvalue weighted by Crippen LogP contribution is 2.14. The molecule has 1 fully saturated rings. The summed E-state index contributed by atoms with van der Waals surface area (Å²) in [4.78, 5) is 1.40. The van der Waals surface area contributed by atoms with Gasteiger partial charge in [0.25, 0.3) is 0 Å². The third kappa shape index (κ3) is 2.53. The van der Waals surface area contributed by atoms with Gasteiger partial charge in [0.05, 0.1) is 6.61 Å². The van der Waals surface area contributed by atoms with E-state index in [1.807, 2.05) is 0 Å². The molecule has 2 heterocycles. The Morgan fingerprint density at radius 3 is 3.23 bits per heavy atom. The number of hydrogen-bond acceptors (Lipinski definition) is 3. The van der Waals surface area contributed by atoms with Crippen molar-refractivity contribution in [2.75, 3.05) is 13.2 Å². The molecular weight excluding hydrogens is 182 g/mol. The zero-order chi connectivity index (χ0) is 9.10. The molecule has 2 atom stereocenters. The Bertz CT molecular complexity index is 239. The zero-order valence-corrected chi connectivity index (χ0v) is 8.64. The third-order valence-corrected chi connectivity index (χ3v) is 3.14. The fourth-order valence-corrected chi connectivity index (χ4v) is 2.21. The predicted molar refractivity (Wildman–Crippen MR) is 54.9 cm³/mol. The van der Waals surface area contributed by atoms with E-state index in [-0.39, 0.29) is 6.23 Å². The average molecular weight is 197 g/mol. The lowest BCUT2D eigenvalue weighted by molar-refractivity contribution is -0.0224. The van der Waals surface area contributed by atoms with E-state index in [9.17, 15) is 0 Å². The molecule has 0 spiro atoms. The van der Waals surface area contributed by atoms with Crippen LogP contribution < -0.4 is 5.32 Å². The van der Waals surface area contributed by atoms with Crippen molar-refractivity contribution in [1.82, 2.24) is 5.32 Å². The summed E-state index contributed by atoms with van der Waals surface area (Å²) in [5, 5.41) is 5.50. The number of ether oxygens (including phenoxy) is 1. The maximum atomic E-state index is 5.66. The number of hydrogen-bond donors (Lipinski definition) is 1. The van der Waals surface area contributed by atoms with E-state index >= 15 is 0 Å². The summed E-state index contributed by atoms with van der Waals surface area (Å²) in [7, 11) is 0. The van der Waals surface area contributed by atoms with E-state index in [1.54, 1.807) is 11.3 Å². The fraction of sp³-hybridized carbons (Fsp3) is 0.600. The monoisotopic (exact) mass is 197 g/mol. The Labute approximate surface area is 82.9 Å². The highest BCUT2D eigenvalue weighted by Gasteiger charge is 2.17. The standard InChI is InChI=1S/C10H15NOS/c1-8-6-11-10(12-7-8)5-9-3-2-4-13-9/h2-4,8,10-11H,5-7H2,1H3. The molecule has 0 aliphatic carbocycles. The molecule has 0 amide bonds. The van der Waals surface area contributed by atoms with Gasteiger partial charge in [-0.05, 0) is 17.4 Å². The fourth-order valence-electron chi connectivity index (χ4n) is 1.47. The number of nitrogens with one attached hydrogen (secondary N) is 1. The van der Waals surface area contributed by atoms with Crippen molar-refractivity contribution < 1.29 is 4.74 Å². The second-order valence-corrected chi connectivity index (χ2v) is 4.65. The third-order valence-electron chi connectivity index (χ3n) is 2.24. The van der Waals surface area contributed by atoms with Crippen molar-refractivity contribution in [3.63, 3.8) is 0 Å². The first-order valence-electron chi connectivity index (χ1n) is 4.72. The first-order valence-corrected chi connectivity index (χ1v) is 5.60. The average Bonchev–Trinajstić information content (AvgIpc) is 2.62. The minimum absolute atomic E-state index is 0.231. The van der Waals surface area contributed by atoms with Crippen molar-refractivity contribution in [1.29, 1.82) is 0 Å². The predicted octanol–water partition coefficient (Wildman–Crippen LogP) is 1.87. The Morgan fingerprint density at radius 2 is 2.62 bits per heavy atom. The van der Waals surface area contributed by atoms with Gasteiger partial charge in [-0.1, -0.05) is 13.0 Å². The summed E-state index contributed by atoms with van der Waals surface area (Å²) in [6.07, 6.45) is 1.24. The highest BCUT2D eigenvalue weighted by atomic mass is 32.1. The molecule has 2 nitrogen and oxygen atoms in total. The van der Waals surface area contributed by atoms with Gasteiger partial charge in [0, 0.05) is 17.8 Å². The SMILES string of the molecule is CC1CNC(Cc2cccs2)OC1. The van der Waals surface area contributed by atoms with Gasteiger partial charge in [-0.2, -0.15) is 0 Å². The van der Waals surface area contributed by atoms with Crippen LogP contribution in [0.25, 0.3) is 0 Å². The second-order valence-electron chi connectivity index (χ2n) is 3.62. The van der Waals surface area contributed by atoms with Crippen LogP contribution in [-0.2, 0) is 11.2 Å². The van der Waals surface area contributed by atoms with Crippen LogP contribution in [0.3, 0.4) is 0 Å². The minimum atomic E-state index is 0.231. The molecule has 0 bridgehead atoms. The van der Waals surface area contributed by atoms with Crippen molar-refractivity contribution in [2.24, 2.45) is 5.92 Å². The van der Waals surface area contributed by atoms with E-state index in [0.29, 0.717) is 5.92 Å². The first kappa shape index (κ1) is 9.19. The molecule has 72 valence electrons. The van der Waals surface area contributed by atoms with Crippen LogP contribution in [0, 0.1) is 5.92 Å². The normalized spacial score (nSPS) is 29.0. The molecule has 1 aromatic heterocycles. The molecule has 1 aliphatic rings. The maximum Gasteiger partial charge on any atom is 0.113 e. The van der Waals surface area contributed by atoms with Crippen molar-refractivity contribution in [3.05, 3.63) is 22.4 Å². The quantitative estimate of drug-likeness (QED) is 0.781. The number of thiophene rings is 1. The molecule has 0 aromatic carbocycles. The number of rotatable bonds is 2. The zero-order valence-electron chi connectivity index (χ0n) is 7.82. The molecule has 1 aromatic rings. The Hall–Kier alpha value is -0.380. The van der Waals surface area contributed by atoms with E-state index in [0.717, 1.165) is 19.6 Å². The van der Waals surface area contributed by atoms with Gasteiger partial charge in [0.15, 0.2) is 0 Å². The Kier molecular flexibility index (Phi) is 2.98. The van der Waals surface area contributed by atoms with Gasteiger partial charge in [-0.3, -0.25) is 5.32 Å². The lowest BCUT2D eigenvalue weighted by Gasteiger charge is -2.27. The van der Waals surface area contributed by atoms with E-state index in [4.69, 9.17) is 4.74 Å². The van der Waals surface area contributed by atoms with E-state index in [2.05, 4.69) is 29.8 Å².